The standard InChI is InChI=1S/C15H21FO4/c1-11(2)18-9-10-19-14(17)15(3,4)20-13-7-5-12(16)6-8-13/h5-8,11H,9-10H2,1-4H3. The predicted octanol–water partition coefficient (Wildman–Crippen LogP) is 2.95. The van der Waals surface area contributed by atoms with Crippen LogP contribution in [0.2, 0.25) is 0 Å². The molecular formula is C15H21FO4. The molecule has 1 aromatic rings. The van der Waals surface area contributed by atoms with Gasteiger partial charge < -0.3 is 14.2 Å². The lowest BCUT2D eigenvalue weighted by Gasteiger charge is -2.24. The van der Waals surface area contributed by atoms with Crippen molar-refractivity contribution in [3.63, 3.8) is 0 Å². The summed E-state index contributed by atoms with van der Waals surface area (Å²) >= 11 is 0. The Bertz CT molecular complexity index is 426. The zero-order chi connectivity index (χ0) is 15.2. The van der Waals surface area contributed by atoms with Gasteiger partial charge in [-0.3, -0.25) is 0 Å². The molecule has 0 saturated carbocycles. The minimum Gasteiger partial charge on any atom is -0.476 e. The van der Waals surface area contributed by atoms with Crippen molar-refractivity contribution in [1.82, 2.24) is 0 Å². The number of hydrogen-bond donors (Lipinski definition) is 0. The SMILES string of the molecule is CC(C)OCCOC(=O)C(C)(C)Oc1ccc(F)cc1. The Hall–Kier alpha value is -1.62. The molecule has 0 aromatic heterocycles. The number of hydrogen-bond acceptors (Lipinski definition) is 4. The molecule has 0 saturated heterocycles. The van der Waals surface area contributed by atoms with Crippen LogP contribution in [0.1, 0.15) is 27.7 Å². The fourth-order valence-electron chi connectivity index (χ4n) is 1.43. The molecule has 0 N–H and O–H groups in total. The van der Waals surface area contributed by atoms with Gasteiger partial charge in [-0.05, 0) is 52.0 Å². The van der Waals surface area contributed by atoms with Gasteiger partial charge in [0.25, 0.3) is 0 Å². The Balaban J connectivity index is 2.46. The molecule has 0 bridgehead atoms. The van der Waals surface area contributed by atoms with Crippen LogP contribution >= 0.6 is 0 Å². The molecule has 0 unspecified atom stereocenters. The summed E-state index contributed by atoms with van der Waals surface area (Å²) in [7, 11) is 0. The Morgan fingerprint density at radius 3 is 2.35 bits per heavy atom. The van der Waals surface area contributed by atoms with Crippen LogP contribution in [0.3, 0.4) is 0 Å². The molecular weight excluding hydrogens is 263 g/mol. The third kappa shape index (κ3) is 5.57. The summed E-state index contributed by atoms with van der Waals surface area (Å²) in [6.07, 6.45) is 0.0946. The Kier molecular flexibility index (Phi) is 5.95. The van der Waals surface area contributed by atoms with E-state index in [0.717, 1.165) is 0 Å². The van der Waals surface area contributed by atoms with E-state index in [1.807, 2.05) is 13.8 Å². The number of benzene rings is 1. The minimum absolute atomic E-state index is 0.0946. The van der Waals surface area contributed by atoms with Gasteiger partial charge in [-0.2, -0.15) is 0 Å². The summed E-state index contributed by atoms with van der Waals surface area (Å²) in [6.45, 7) is 7.53. The molecule has 5 heteroatoms. The second-order valence-electron chi connectivity index (χ2n) is 5.12. The smallest absolute Gasteiger partial charge is 0.349 e. The normalized spacial score (nSPS) is 11.5. The monoisotopic (exact) mass is 284 g/mol. The number of rotatable bonds is 7. The highest BCUT2D eigenvalue weighted by molar-refractivity contribution is 5.79. The van der Waals surface area contributed by atoms with Crippen molar-refractivity contribution in [2.75, 3.05) is 13.2 Å². The van der Waals surface area contributed by atoms with E-state index in [4.69, 9.17) is 14.2 Å². The van der Waals surface area contributed by atoms with Gasteiger partial charge in [0.15, 0.2) is 5.60 Å². The summed E-state index contributed by atoms with van der Waals surface area (Å²) in [5.74, 6) is -0.440. The van der Waals surface area contributed by atoms with Crippen LogP contribution in [0.5, 0.6) is 5.75 Å². The Morgan fingerprint density at radius 2 is 1.80 bits per heavy atom. The molecule has 0 aliphatic rings. The first-order chi connectivity index (χ1) is 9.31. The van der Waals surface area contributed by atoms with Gasteiger partial charge in [0.1, 0.15) is 18.2 Å². The lowest BCUT2D eigenvalue weighted by Crippen LogP contribution is -2.40. The quantitative estimate of drug-likeness (QED) is 0.570. The molecule has 0 spiro atoms. The summed E-state index contributed by atoms with van der Waals surface area (Å²) in [6, 6.07) is 5.47. The lowest BCUT2D eigenvalue weighted by molar-refractivity contribution is -0.161. The first kappa shape index (κ1) is 16.4. The van der Waals surface area contributed by atoms with Gasteiger partial charge in [0, 0.05) is 0 Å². The van der Waals surface area contributed by atoms with Gasteiger partial charge >= 0.3 is 5.97 Å². The lowest BCUT2D eigenvalue weighted by atomic mass is 10.1. The highest BCUT2D eigenvalue weighted by Crippen LogP contribution is 2.19. The van der Waals surface area contributed by atoms with E-state index in [0.29, 0.717) is 12.4 Å². The van der Waals surface area contributed by atoms with E-state index < -0.39 is 11.6 Å². The highest BCUT2D eigenvalue weighted by atomic mass is 19.1. The number of halogens is 1. The first-order valence-electron chi connectivity index (χ1n) is 6.54. The first-order valence-corrected chi connectivity index (χ1v) is 6.54. The fourth-order valence-corrected chi connectivity index (χ4v) is 1.43. The fraction of sp³-hybridized carbons (Fsp3) is 0.533. The van der Waals surface area contributed by atoms with Crippen LogP contribution in [0.25, 0.3) is 0 Å². The second kappa shape index (κ2) is 7.24. The second-order valence-corrected chi connectivity index (χ2v) is 5.12. The number of carbonyl (C=O) groups is 1. The van der Waals surface area contributed by atoms with Crippen molar-refractivity contribution in [3.8, 4) is 5.75 Å². The summed E-state index contributed by atoms with van der Waals surface area (Å²) in [5, 5.41) is 0. The molecule has 0 amide bonds. The van der Waals surface area contributed by atoms with Crippen LogP contribution in [-0.2, 0) is 14.3 Å². The van der Waals surface area contributed by atoms with Gasteiger partial charge in [-0.15, -0.1) is 0 Å². The zero-order valence-electron chi connectivity index (χ0n) is 12.3. The zero-order valence-corrected chi connectivity index (χ0v) is 12.3. The molecule has 20 heavy (non-hydrogen) atoms. The molecule has 1 aromatic carbocycles. The topological polar surface area (TPSA) is 44.8 Å². The molecule has 112 valence electrons. The van der Waals surface area contributed by atoms with E-state index in [1.165, 1.54) is 24.3 Å². The Morgan fingerprint density at radius 1 is 1.20 bits per heavy atom. The van der Waals surface area contributed by atoms with Gasteiger partial charge in [-0.25, -0.2) is 9.18 Å². The van der Waals surface area contributed by atoms with Crippen LogP contribution < -0.4 is 4.74 Å². The molecule has 0 aliphatic heterocycles. The van der Waals surface area contributed by atoms with Gasteiger partial charge in [-0.1, -0.05) is 0 Å². The van der Waals surface area contributed by atoms with E-state index in [9.17, 15) is 9.18 Å². The van der Waals surface area contributed by atoms with Crippen LogP contribution in [0.15, 0.2) is 24.3 Å². The highest BCUT2D eigenvalue weighted by Gasteiger charge is 2.31. The molecule has 0 fully saturated rings. The molecule has 1 rings (SSSR count). The average Bonchev–Trinajstić information content (AvgIpc) is 2.36. The predicted molar refractivity (Wildman–Crippen MR) is 73.2 cm³/mol. The molecule has 0 atom stereocenters. The summed E-state index contributed by atoms with van der Waals surface area (Å²) < 4.78 is 28.7. The van der Waals surface area contributed by atoms with Crippen molar-refractivity contribution in [1.29, 1.82) is 0 Å². The summed E-state index contributed by atoms with van der Waals surface area (Å²) in [5.41, 5.74) is -1.14. The van der Waals surface area contributed by atoms with E-state index >= 15 is 0 Å². The van der Waals surface area contributed by atoms with Crippen molar-refractivity contribution >= 4 is 5.97 Å². The maximum absolute atomic E-state index is 12.8. The van der Waals surface area contributed by atoms with Crippen molar-refractivity contribution < 1.29 is 23.4 Å². The van der Waals surface area contributed by atoms with Crippen LogP contribution in [0, 0.1) is 5.82 Å². The Labute approximate surface area is 118 Å². The van der Waals surface area contributed by atoms with Crippen molar-refractivity contribution in [2.45, 2.75) is 39.4 Å². The number of ether oxygens (including phenoxy) is 3. The average molecular weight is 284 g/mol. The van der Waals surface area contributed by atoms with E-state index in [1.54, 1.807) is 13.8 Å². The molecule has 0 heterocycles. The maximum atomic E-state index is 12.8. The van der Waals surface area contributed by atoms with Crippen molar-refractivity contribution in [3.05, 3.63) is 30.1 Å². The minimum atomic E-state index is -1.14. The maximum Gasteiger partial charge on any atom is 0.349 e. The summed E-state index contributed by atoms with van der Waals surface area (Å²) in [4.78, 5) is 11.9. The van der Waals surface area contributed by atoms with Crippen LogP contribution in [0.4, 0.5) is 4.39 Å². The van der Waals surface area contributed by atoms with E-state index in [2.05, 4.69) is 0 Å². The third-order valence-electron chi connectivity index (χ3n) is 2.45. The van der Waals surface area contributed by atoms with Crippen LogP contribution in [-0.4, -0.2) is 30.9 Å². The number of carbonyl (C=O) groups excluding carboxylic acids is 1. The van der Waals surface area contributed by atoms with Crippen molar-refractivity contribution in [2.24, 2.45) is 0 Å². The molecule has 0 aliphatic carbocycles. The van der Waals surface area contributed by atoms with E-state index in [-0.39, 0.29) is 18.5 Å². The number of esters is 1. The molecule has 0 radical (unpaired) electrons. The molecule has 4 nitrogen and oxygen atoms in total. The van der Waals surface area contributed by atoms with Gasteiger partial charge in [0.05, 0.1) is 12.7 Å². The largest absolute Gasteiger partial charge is 0.476 e. The van der Waals surface area contributed by atoms with Gasteiger partial charge in [0.2, 0.25) is 0 Å². The third-order valence-corrected chi connectivity index (χ3v) is 2.45.